The second-order valence-corrected chi connectivity index (χ2v) is 5.79. The molecule has 0 aliphatic carbocycles. The van der Waals surface area contributed by atoms with Gasteiger partial charge in [0.1, 0.15) is 0 Å². The van der Waals surface area contributed by atoms with E-state index in [1.807, 2.05) is 18.7 Å². The largest absolute Gasteiger partial charge is 0.374 e. The molecule has 21 heavy (non-hydrogen) atoms. The summed E-state index contributed by atoms with van der Waals surface area (Å²) in [5, 5.41) is 8.74. The monoisotopic (exact) mass is 315 g/mol. The standard InChI is InChI=1S/C16H30ClN3O/c1-7-16(8-2,21-10-4)14(18-6)11-13-15(17)12(5)19-20(13)9-3/h14,18H,7-11H2,1-6H3. The molecule has 1 atom stereocenters. The van der Waals surface area contributed by atoms with E-state index in [1.165, 1.54) is 0 Å². The number of halogens is 1. The Morgan fingerprint density at radius 1 is 1.29 bits per heavy atom. The first-order valence-electron chi connectivity index (χ1n) is 8.02. The molecule has 5 heteroatoms. The second kappa shape index (κ2) is 8.16. The molecule has 0 amide bonds. The van der Waals surface area contributed by atoms with E-state index in [9.17, 15) is 0 Å². The molecule has 1 aromatic heterocycles. The summed E-state index contributed by atoms with van der Waals surface area (Å²) in [6.07, 6.45) is 2.77. The van der Waals surface area contributed by atoms with Gasteiger partial charge in [-0.3, -0.25) is 4.68 Å². The molecule has 0 spiro atoms. The molecule has 1 aromatic rings. The predicted molar refractivity (Wildman–Crippen MR) is 89.1 cm³/mol. The van der Waals surface area contributed by atoms with Crippen LogP contribution in [0.15, 0.2) is 0 Å². The van der Waals surface area contributed by atoms with Gasteiger partial charge in [-0.2, -0.15) is 5.10 Å². The molecule has 1 unspecified atom stereocenters. The Hall–Kier alpha value is -0.580. The van der Waals surface area contributed by atoms with Gasteiger partial charge in [-0.05, 0) is 40.7 Å². The van der Waals surface area contributed by atoms with E-state index in [-0.39, 0.29) is 11.6 Å². The van der Waals surface area contributed by atoms with E-state index in [0.29, 0.717) is 0 Å². The highest BCUT2D eigenvalue weighted by atomic mass is 35.5. The van der Waals surface area contributed by atoms with Gasteiger partial charge in [0.2, 0.25) is 0 Å². The number of ether oxygens (including phenoxy) is 1. The molecule has 4 nitrogen and oxygen atoms in total. The highest BCUT2D eigenvalue weighted by Gasteiger charge is 2.36. The Kier molecular flexibility index (Phi) is 7.17. The Balaban J connectivity index is 3.11. The van der Waals surface area contributed by atoms with Gasteiger partial charge in [-0.15, -0.1) is 0 Å². The summed E-state index contributed by atoms with van der Waals surface area (Å²) < 4.78 is 8.14. The van der Waals surface area contributed by atoms with Gasteiger partial charge in [-0.1, -0.05) is 25.4 Å². The minimum absolute atomic E-state index is 0.163. The third-order valence-corrected chi connectivity index (χ3v) is 4.95. The average Bonchev–Trinajstić information content (AvgIpc) is 2.77. The van der Waals surface area contributed by atoms with Crippen LogP contribution >= 0.6 is 11.6 Å². The Bertz CT molecular complexity index is 441. The minimum atomic E-state index is -0.163. The number of nitrogens with one attached hydrogen (secondary N) is 1. The predicted octanol–water partition coefficient (Wildman–Crippen LogP) is 3.59. The first-order chi connectivity index (χ1) is 9.99. The third-order valence-electron chi connectivity index (χ3n) is 4.46. The molecular weight excluding hydrogens is 286 g/mol. The molecule has 0 fully saturated rings. The van der Waals surface area contributed by atoms with Gasteiger partial charge < -0.3 is 10.1 Å². The Morgan fingerprint density at radius 2 is 1.90 bits per heavy atom. The van der Waals surface area contributed by atoms with Crippen molar-refractivity contribution in [2.24, 2.45) is 0 Å². The molecule has 122 valence electrons. The molecular formula is C16H30ClN3O. The fourth-order valence-electron chi connectivity index (χ4n) is 3.14. The lowest BCUT2D eigenvalue weighted by molar-refractivity contribution is -0.0707. The van der Waals surface area contributed by atoms with E-state index < -0.39 is 0 Å². The second-order valence-electron chi connectivity index (χ2n) is 5.41. The molecule has 0 aromatic carbocycles. The normalized spacial score (nSPS) is 13.7. The smallest absolute Gasteiger partial charge is 0.0847 e. The number of hydrogen-bond acceptors (Lipinski definition) is 3. The van der Waals surface area contributed by atoms with Crippen LogP contribution in [0.5, 0.6) is 0 Å². The fourth-order valence-corrected chi connectivity index (χ4v) is 3.36. The van der Waals surface area contributed by atoms with Crippen LogP contribution in [0.25, 0.3) is 0 Å². The molecule has 0 aliphatic heterocycles. The summed E-state index contributed by atoms with van der Waals surface area (Å²) >= 11 is 6.46. The number of rotatable bonds is 9. The van der Waals surface area contributed by atoms with E-state index in [0.717, 1.165) is 48.8 Å². The quantitative estimate of drug-likeness (QED) is 0.757. The number of likely N-dealkylation sites (N-methyl/N-ethyl adjacent to an activating group) is 1. The van der Waals surface area contributed by atoms with E-state index in [2.05, 4.69) is 38.1 Å². The summed E-state index contributed by atoms with van der Waals surface area (Å²) in [5.41, 5.74) is 1.84. The zero-order valence-electron chi connectivity index (χ0n) is 14.3. The van der Waals surface area contributed by atoms with Gasteiger partial charge in [0, 0.05) is 25.6 Å². The molecule has 0 saturated carbocycles. The number of hydrogen-bond donors (Lipinski definition) is 1. The molecule has 1 rings (SSSR count). The third kappa shape index (κ3) is 3.79. The van der Waals surface area contributed by atoms with Crippen molar-refractivity contribution in [3.63, 3.8) is 0 Å². The number of aromatic nitrogens is 2. The zero-order valence-corrected chi connectivity index (χ0v) is 15.0. The van der Waals surface area contributed by atoms with Gasteiger partial charge in [0.25, 0.3) is 0 Å². The van der Waals surface area contributed by atoms with E-state index >= 15 is 0 Å². The van der Waals surface area contributed by atoms with Crippen molar-refractivity contribution < 1.29 is 4.74 Å². The van der Waals surface area contributed by atoms with Crippen LogP contribution in [0.2, 0.25) is 5.02 Å². The van der Waals surface area contributed by atoms with Crippen molar-refractivity contribution in [2.45, 2.75) is 72.1 Å². The summed E-state index contributed by atoms with van der Waals surface area (Å²) in [6, 6.07) is 0.214. The van der Waals surface area contributed by atoms with Crippen LogP contribution in [-0.2, 0) is 17.7 Å². The first kappa shape index (κ1) is 18.5. The van der Waals surface area contributed by atoms with Crippen molar-refractivity contribution in [3.05, 3.63) is 16.4 Å². The average molecular weight is 316 g/mol. The highest BCUT2D eigenvalue weighted by Crippen LogP contribution is 2.30. The van der Waals surface area contributed by atoms with Crippen molar-refractivity contribution in [1.29, 1.82) is 0 Å². The lowest BCUT2D eigenvalue weighted by atomic mass is 9.85. The summed E-state index contributed by atoms with van der Waals surface area (Å²) in [7, 11) is 2.00. The highest BCUT2D eigenvalue weighted by molar-refractivity contribution is 6.31. The maximum atomic E-state index is 6.46. The molecule has 0 saturated heterocycles. The Labute approximate surface area is 134 Å². The van der Waals surface area contributed by atoms with Gasteiger partial charge in [0.05, 0.1) is 22.0 Å². The lowest BCUT2D eigenvalue weighted by Gasteiger charge is -2.39. The van der Waals surface area contributed by atoms with Crippen molar-refractivity contribution in [2.75, 3.05) is 13.7 Å². The van der Waals surface area contributed by atoms with Crippen molar-refractivity contribution in [1.82, 2.24) is 15.1 Å². The maximum absolute atomic E-state index is 6.46. The van der Waals surface area contributed by atoms with Crippen LogP contribution in [0, 0.1) is 6.92 Å². The van der Waals surface area contributed by atoms with Gasteiger partial charge >= 0.3 is 0 Å². The van der Waals surface area contributed by atoms with Crippen LogP contribution in [-0.4, -0.2) is 35.1 Å². The molecule has 1 N–H and O–H groups in total. The maximum Gasteiger partial charge on any atom is 0.0847 e. The Morgan fingerprint density at radius 3 is 2.33 bits per heavy atom. The fraction of sp³-hybridized carbons (Fsp3) is 0.812. The summed E-state index contributed by atoms with van der Waals surface area (Å²) in [5.74, 6) is 0. The van der Waals surface area contributed by atoms with Crippen molar-refractivity contribution >= 4 is 11.6 Å². The molecule has 0 bridgehead atoms. The van der Waals surface area contributed by atoms with Gasteiger partial charge in [0.15, 0.2) is 0 Å². The van der Waals surface area contributed by atoms with Crippen LogP contribution in [0.4, 0.5) is 0 Å². The molecule has 1 heterocycles. The van der Waals surface area contributed by atoms with Gasteiger partial charge in [-0.25, -0.2) is 0 Å². The lowest BCUT2D eigenvalue weighted by Crippen LogP contribution is -2.52. The van der Waals surface area contributed by atoms with Crippen LogP contribution in [0.1, 0.15) is 51.9 Å². The summed E-state index contributed by atoms with van der Waals surface area (Å²) in [4.78, 5) is 0. The molecule has 0 radical (unpaired) electrons. The number of nitrogens with zero attached hydrogens (tertiary/aromatic N) is 2. The van der Waals surface area contributed by atoms with Crippen molar-refractivity contribution in [3.8, 4) is 0 Å². The van der Waals surface area contributed by atoms with E-state index in [4.69, 9.17) is 16.3 Å². The van der Waals surface area contributed by atoms with Crippen LogP contribution < -0.4 is 5.32 Å². The molecule has 0 aliphatic rings. The minimum Gasteiger partial charge on any atom is -0.374 e. The topological polar surface area (TPSA) is 39.1 Å². The summed E-state index contributed by atoms with van der Waals surface area (Å²) in [6.45, 7) is 12.0. The van der Waals surface area contributed by atoms with E-state index in [1.54, 1.807) is 0 Å². The first-order valence-corrected chi connectivity index (χ1v) is 8.40. The zero-order chi connectivity index (χ0) is 16.0. The number of aryl methyl sites for hydroxylation is 2. The SMILES string of the molecule is CCOC(CC)(CC)C(Cc1c(Cl)c(C)nn1CC)NC. The van der Waals surface area contributed by atoms with Crippen LogP contribution in [0.3, 0.4) is 0 Å².